The molecule has 0 unspecified atom stereocenters. The first kappa shape index (κ1) is 13.7. The van der Waals surface area contributed by atoms with Gasteiger partial charge in [-0.15, -0.1) is 0 Å². The molecule has 1 aromatic heterocycles. The molecule has 2 aliphatic rings. The SMILES string of the molecule is NC1CCC2(CC1)CN(c1cccnc1C(F)(F)F)C2. The van der Waals surface area contributed by atoms with E-state index in [1.165, 1.54) is 12.3 Å². The average molecular weight is 285 g/mol. The number of hydrogen-bond donors (Lipinski definition) is 1. The van der Waals surface area contributed by atoms with Gasteiger partial charge < -0.3 is 10.6 Å². The molecule has 1 aromatic rings. The van der Waals surface area contributed by atoms with Crippen LogP contribution in [0, 0.1) is 5.41 Å². The summed E-state index contributed by atoms with van der Waals surface area (Å²) >= 11 is 0. The van der Waals surface area contributed by atoms with Crippen molar-refractivity contribution >= 4 is 5.69 Å². The predicted molar refractivity (Wildman–Crippen MR) is 70.3 cm³/mol. The maximum atomic E-state index is 12.9. The van der Waals surface area contributed by atoms with Crippen LogP contribution in [0.4, 0.5) is 18.9 Å². The van der Waals surface area contributed by atoms with Gasteiger partial charge in [0.25, 0.3) is 0 Å². The van der Waals surface area contributed by atoms with Crippen molar-refractivity contribution in [1.82, 2.24) is 4.98 Å². The Bertz CT molecular complexity index is 485. The minimum absolute atomic E-state index is 0.175. The molecule has 0 atom stereocenters. The summed E-state index contributed by atoms with van der Waals surface area (Å²) in [5.74, 6) is 0. The van der Waals surface area contributed by atoms with E-state index >= 15 is 0 Å². The Morgan fingerprint density at radius 3 is 2.50 bits per heavy atom. The molecule has 1 spiro atoms. The second-order valence-corrected chi connectivity index (χ2v) is 6.06. The summed E-state index contributed by atoms with van der Waals surface area (Å²) in [5, 5.41) is 0. The van der Waals surface area contributed by atoms with Crippen LogP contribution < -0.4 is 10.6 Å². The molecule has 2 heterocycles. The topological polar surface area (TPSA) is 42.1 Å². The van der Waals surface area contributed by atoms with Gasteiger partial charge in [-0.2, -0.15) is 13.2 Å². The number of pyridine rings is 1. The van der Waals surface area contributed by atoms with Crippen LogP contribution in [0.1, 0.15) is 31.4 Å². The van der Waals surface area contributed by atoms with Crippen LogP contribution in [0.25, 0.3) is 0 Å². The number of aromatic nitrogens is 1. The predicted octanol–water partition coefficient (Wildman–Crippen LogP) is 2.81. The third kappa shape index (κ3) is 2.37. The number of nitrogens with two attached hydrogens (primary N) is 1. The summed E-state index contributed by atoms with van der Waals surface area (Å²) in [5.41, 5.74) is 5.50. The Labute approximate surface area is 116 Å². The number of halogens is 3. The summed E-state index contributed by atoms with van der Waals surface area (Å²) in [4.78, 5) is 5.31. The van der Waals surface area contributed by atoms with Gasteiger partial charge in [0.05, 0.1) is 5.69 Å². The first-order chi connectivity index (χ1) is 9.40. The van der Waals surface area contributed by atoms with Crippen molar-refractivity contribution in [3.63, 3.8) is 0 Å². The fourth-order valence-corrected chi connectivity index (χ4v) is 3.37. The van der Waals surface area contributed by atoms with Gasteiger partial charge in [0.15, 0.2) is 5.69 Å². The molecule has 1 aliphatic heterocycles. The van der Waals surface area contributed by atoms with Crippen molar-refractivity contribution in [2.24, 2.45) is 11.1 Å². The molecule has 110 valence electrons. The largest absolute Gasteiger partial charge is 0.435 e. The maximum absolute atomic E-state index is 12.9. The highest BCUT2D eigenvalue weighted by molar-refractivity contribution is 5.54. The molecule has 3 nitrogen and oxygen atoms in total. The van der Waals surface area contributed by atoms with E-state index in [-0.39, 0.29) is 17.1 Å². The first-order valence-electron chi connectivity index (χ1n) is 6.92. The lowest BCUT2D eigenvalue weighted by molar-refractivity contribution is -0.140. The second-order valence-electron chi connectivity index (χ2n) is 6.06. The Morgan fingerprint density at radius 1 is 1.25 bits per heavy atom. The number of hydrogen-bond acceptors (Lipinski definition) is 3. The minimum Gasteiger partial charge on any atom is -0.369 e. The highest BCUT2D eigenvalue weighted by atomic mass is 19.4. The van der Waals surface area contributed by atoms with Crippen molar-refractivity contribution in [3.05, 3.63) is 24.0 Å². The highest BCUT2D eigenvalue weighted by Gasteiger charge is 2.47. The van der Waals surface area contributed by atoms with E-state index in [0.29, 0.717) is 13.1 Å². The zero-order chi connectivity index (χ0) is 14.4. The standard InChI is InChI=1S/C14H18F3N3/c15-14(16,17)12-11(2-1-7-19-12)20-8-13(9-20)5-3-10(18)4-6-13/h1-2,7,10H,3-6,8-9,18H2. The number of alkyl halides is 3. The molecule has 0 bridgehead atoms. The van der Waals surface area contributed by atoms with E-state index < -0.39 is 11.9 Å². The summed E-state index contributed by atoms with van der Waals surface area (Å²) in [6, 6.07) is 3.34. The minimum atomic E-state index is -4.39. The molecule has 0 amide bonds. The molecule has 2 N–H and O–H groups in total. The average Bonchev–Trinajstić information content (AvgIpc) is 2.36. The van der Waals surface area contributed by atoms with Gasteiger partial charge in [-0.05, 0) is 37.8 Å². The molecule has 1 saturated carbocycles. The molecular formula is C14H18F3N3. The van der Waals surface area contributed by atoms with E-state index in [2.05, 4.69) is 4.98 Å². The molecule has 1 aliphatic carbocycles. The van der Waals surface area contributed by atoms with Gasteiger partial charge in [0.2, 0.25) is 0 Å². The molecular weight excluding hydrogens is 267 g/mol. The molecule has 2 fully saturated rings. The van der Waals surface area contributed by atoms with Crippen LogP contribution in [-0.4, -0.2) is 24.1 Å². The fraction of sp³-hybridized carbons (Fsp3) is 0.643. The Morgan fingerprint density at radius 2 is 1.90 bits per heavy atom. The third-order valence-corrected chi connectivity index (χ3v) is 4.54. The third-order valence-electron chi connectivity index (χ3n) is 4.54. The second kappa shape index (κ2) is 4.62. The quantitative estimate of drug-likeness (QED) is 0.862. The van der Waals surface area contributed by atoms with E-state index in [1.54, 1.807) is 11.0 Å². The van der Waals surface area contributed by atoms with E-state index in [4.69, 9.17) is 5.73 Å². The van der Waals surface area contributed by atoms with Crippen molar-refractivity contribution in [1.29, 1.82) is 0 Å². The Hall–Kier alpha value is -1.30. The van der Waals surface area contributed by atoms with E-state index in [9.17, 15) is 13.2 Å². The Kier molecular flexibility index (Phi) is 3.16. The van der Waals surface area contributed by atoms with Gasteiger partial charge in [0.1, 0.15) is 0 Å². The zero-order valence-corrected chi connectivity index (χ0v) is 11.2. The van der Waals surface area contributed by atoms with Crippen LogP contribution >= 0.6 is 0 Å². The van der Waals surface area contributed by atoms with Crippen LogP contribution in [0.3, 0.4) is 0 Å². The number of anilines is 1. The van der Waals surface area contributed by atoms with Crippen LogP contribution in [-0.2, 0) is 6.18 Å². The fourth-order valence-electron chi connectivity index (χ4n) is 3.37. The van der Waals surface area contributed by atoms with Crippen LogP contribution in [0.2, 0.25) is 0 Å². The molecule has 3 rings (SSSR count). The van der Waals surface area contributed by atoms with Gasteiger partial charge >= 0.3 is 6.18 Å². The lowest BCUT2D eigenvalue weighted by atomic mass is 9.67. The van der Waals surface area contributed by atoms with Crippen molar-refractivity contribution < 1.29 is 13.2 Å². The van der Waals surface area contributed by atoms with Crippen molar-refractivity contribution in [3.8, 4) is 0 Å². The van der Waals surface area contributed by atoms with Crippen molar-refractivity contribution in [2.45, 2.75) is 37.9 Å². The number of rotatable bonds is 1. The monoisotopic (exact) mass is 285 g/mol. The van der Waals surface area contributed by atoms with Crippen molar-refractivity contribution in [2.75, 3.05) is 18.0 Å². The van der Waals surface area contributed by atoms with Gasteiger partial charge in [-0.1, -0.05) is 0 Å². The molecule has 0 radical (unpaired) electrons. The molecule has 1 saturated heterocycles. The Balaban J connectivity index is 1.74. The van der Waals surface area contributed by atoms with Crippen LogP contribution in [0.15, 0.2) is 18.3 Å². The van der Waals surface area contributed by atoms with E-state index in [0.717, 1.165) is 25.7 Å². The summed E-state index contributed by atoms with van der Waals surface area (Å²) in [6.45, 7) is 1.38. The van der Waals surface area contributed by atoms with Gasteiger partial charge in [-0.25, -0.2) is 4.98 Å². The first-order valence-corrected chi connectivity index (χ1v) is 6.92. The summed E-state index contributed by atoms with van der Waals surface area (Å²) in [7, 11) is 0. The molecule has 20 heavy (non-hydrogen) atoms. The van der Waals surface area contributed by atoms with Gasteiger partial charge in [-0.3, -0.25) is 0 Å². The summed E-state index contributed by atoms with van der Waals surface area (Å²) < 4.78 is 38.8. The lowest BCUT2D eigenvalue weighted by Crippen LogP contribution is -2.59. The summed E-state index contributed by atoms with van der Waals surface area (Å²) in [6.07, 6.45) is 0.800. The maximum Gasteiger partial charge on any atom is 0.435 e. The molecule has 6 heteroatoms. The normalized spacial score (nSPS) is 22.9. The smallest absolute Gasteiger partial charge is 0.369 e. The lowest BCUT2D eigenvalue weighted by Gasteiger charge is -2.54. The molecule has 0 aromatic carbocycles. The van der Waals surface area contributed by atoms with Gasteiger partial charge in [0, 0.05) is 30.7 Å². The highest BCUT2D eigenvalue weighted by Crippen LogP contribution is 2.47. The zero-order valence-electron chi connectivity index (χ0n) is 11.2. The van der Waals surface area contributed by atoms with Crippen LogP contribution in [0.5, 0.6) is 0 Å². The van der Waals surface area contributed by atoms with E-state index in [1.807, 2.05) is 0 Å². The number of nitrogens with zero attached hydrogens (tertiary/aromatic N) is 2.